The first-order valence-electron chi connectivity index (χ1n) is 9.43. The minimum Gasteiger partial charge on any atom is -0.496 e. The van der Waals surface area contributed by atoms with Crippen molar-refractivity contribution >= 4 is 5.91 Å². The van der Waals surface area contributed by atoms with Gasteiger partial charge in [0, 0.05) is 13.0 Å². The van der Waals surface area contributed by atoms with Gasteiger partial charge in [0.05, 0.1) is 7.11 Å². The summed E-state index contributed by atoms with van der Waals surface area (Å²) in [6, 6.07) is 6.01. The zero-order chi connectivity index (χ0) is 18.4. The summed E-state index contributed by atoms with van der Waals surface area (Å²) in [6.07, 6.45) is 6.60. The van der Waals surface area contributed by atoms with Crippen molar-refractivity contribution in [3.63, 3.8) is 0 Å². The molecular formula is C21H37NO2. The lowest BCUT2D eigenvalue weighted by molar-refractivity contribution is -0.121. The molecule has 0 spiro atoms. The number of hydrogen-bond acceptors (Lipinski definition) is 2. The summed E-state index contributed by atoms with van der Waals surface area (Å²) in [7, 11) is 1.67. The summed E-state index contributed by atoms with van der Waals surface area (Å²) < 4.78 is 5.24. The zero-order valence-corrected chi connectivity index (χ0v) is 16.6. The maximum absolute atomic E-state index is 11.8. The number of unbranched alkanes of at least 4 members (excludes halogenated alkanes) is 3. The van der Waals surface area contributed by atoms with Crippen LogP contribution in [0.25, 0.3) is 0 Å². The van der Waals surface area contributed by atoms with E-state index < -0.39 is 0 Å². The highest BCUT2D eigenvalue weighted by Crippen LogP contribution is 2.18. The van der Waals surface area contributed by atoms with E-state index in [1.807, 2.05) is 32.9 Å². The highest BCUT2D eigenvalue weighted by atomic mass is 16.5. The van der Waals surface area contributed by atoms with Gasteiger partial charge in [0.1, 0.15) is 5.75 Å². The molecule has 0 fully saturated rings. The molecule has 1 N–H and O–H groups in total. The number of ether oxygens (including phenoxy) is 1. The summed E-state index contributed by atoms with van der Waals surface area (Å²) in [5.41, 5.74) is 2.21. The van der Waals surface area contributed by atoms with Crippen molar-refractivity contribution in [2.75, 3.05) is 7.11 Å². The van der Waals surface area contributed by atoms with Gasteiger partial charge in [-0.25, -0.2) is 0 Å². The Morgan fingerprint density at radius 2 is 1.79 bits per heavy atom. The molecule has 1 aromatic carbocycles. The fraction of sp³-hybridized carbons (Fsp3) is 0.667. The molecular weight excluding hydrogens is 298 g/mol. The molecule has 0 bridgehead atoms. The van der Waals surface area contributed by atoms with Gasteiger partial charge in [-0.2, -0.15) is 0 Å². The second kappa shape index (κ2) is 13.9. The first-order chi connectivity index (χ1) is 11.5. The number of benzene rings is 1. The molecule has 0 unspecified atom stereocenters. The van der Waals surface area contributed by atoms with Crippen LogP contribution >= 0.6 is 0 Å². The molecule has 0 saturated carbocycles. The van der Waals surface area contributed by atoms with Crippen LogP contribution in [0.2, 0.25) is 0 Å². The summed E-state index contributed by atoms with van der Waals surface area (Å²) in [5, 5.41) is 2.99. The number of rotatable bonds is 10. The molecule has 0 saturated heterocycles. The predicted molar refractivity (Wildman–Crippen MR) is 103 cm³/mol. The molecule has 3 heteroatoms. The molecule has 0 aliphatic rings. The molecule has 1 aromatic rings. The SMILES string of the molecule is CC.COc1ccc(CNC(=O)CCCCCCC(C)C)cc1C. The van der Waals surface area contributed by atoms with E-state index in [1.54, 1.807) is 7.11 Å². The topological polar surface area (TPSA) is 38.3 Å². The van der Waals surface area contributed by atoms with Crippen LogP contribution < -0.4 is 10.1 Å². The van der Waals surface area contributed by atoms with E-state index in [0.717, 1.165) is 35.6 Å². The number of methoxy groups -OCH3 is 1. The lowest BCUT2D eigenvalue weighted by Gasteiger charge is -2.09. The van der Waals surface area contributed by atoms with Gasteiger partial charge in [-0.05, 0) is 36.5 Å². The molecule has 0 aliphatic carbocycles. The van der Waals surface area contributed by atoms with Crippen LogP contribution in [0.1, 0.15) is 77.3 Å². The summed E-state index contributed by atoms with van der Waals surface area (Å²) in [4.78, 5) is 11.8. The minimum atomic E-state index is 0.150. The van der Waals surface area contributed by atoms with Gasteiger partial charge in [0.2, 0.25) is 5.91 Å². The van der Waals surface area contributed by atoms with E-state index in [2.05, 4.69) is 25.2 Å². The maximum atomic E-state index is 11.8. The fourth-order valence-electron chi connectivity index (χ4n) is 2.53. The van der Waals surface area contributed by atoms with E-state index in [9.17, 15) is 4.79 Å². The molecule has 24 heavy (non-hydrogen) atoms. The normalized spacial score (nSPS) is 10.1. The van der Waals surface area contributed by atoms with Gasteiger partial charge in [-0.1, -0.05) is 65.5 Å². The Kier molecular flexibility index (Phi) is 13.0. The number of carbonyl (C=O) groups excluding carboxylic acids is 1. The van der Waals surface area contributed by atoms with E-state index >= 15 is 0 Å². The van der Waals surface area contributed by atoms with Crippen molar-refractivity contribution in [1.29, 1.82) is 0 Å². The third kappa shape index (κ3) is 10.3. The van der Waals surface area contributed by atoms with Gasteiger partial charge >= 0.3 is 0 Å². The Morgan fingerprint density at radius 3 is 2.38 bits per heavy atom. The van der Waals surface area contributed by atoms with E-state index in [0.29, 0.717) is 13.0 Å². The quantitative estimate of drug-likeness (QED) is 0.562. The van der Waals surface area contributed by atoms with Crippen molar-refractivity contribution in [3.05, 3.63) is 29.3 Å². The predicted octanol–water partition coefficient (Wildman–Crippen LogP) is 5.64. The fourth-order valence-corrected chi connectivity index (χ4v) is 2.53. The Morgan fingerprint density at radius 1 is 1.12 bits per heavy atom. The monoisotopic (exact) mass is 335 g/mol. The van der Waals surface area contributed by atoms with Crippen molar-refractivity contribution in [3.8, 4) is 5.75 Å². The lowest BCUT2D eigenvalue weighted by atomic mass is 10.0. The smallest absolute Gasteiger partial charge is 0.220 e. The van der Waals surface area contributed by atoms with Crippen molar-refractivity contribution < 1.29 is 9.53 Å². The van der Waals surface area contributed by atoms with Gasteiger partial charge < -0.3 is 10.1 Å². The third-order valence-electron chi connectivity index (χ3n) is 3.88. The van der Waals surface area contributed by atoms with Crippen molar-refractivity contribution in [1.82, 2.24) is 5.32 Å². The summed E-state index contributed by atoms with van der Waals surface area (Å²) in [6.45, 7) is 11.1. The lowest BCUT2D eigenvalue weighted by Crippen LogP contribution is -2.22. The van der Waals surface area contributed by atoms with Crippen molar-refractivity contribution in [2.45, 2.75) is 79.7 Å². The number of carbonyl (C=O) groups is 1. The molecule has 0 radical (unpaired) electrons. The van der Waals surface area contributed by atoms with E-state index in [-0.39, 0.29) is 5.91 Å². The highest BCUT2D eigenvalue weighted by Gasteiger charge is 2.04. The van der Waals surface area contributed by atoms with Crippen LogP contribution in [-0.4, -0.2) is 13.0 Å². The Balaban J connectivity index is 0.00000254. The molecule has 0 heterocycles. The number of hydrogen-bond donors (Lipinski definition) is 1. The molecule has 0 aliphatic heterocycles. The van der Waals surface area contributed by atoms with Crippen LogP contribution in [0.3, 0.4) is 0 Å². The molecule has 1 rings (SSSR count). The van der Waals surface area contributed by atoms with Gasteiger partial charge in [-0.15, -0.1) is 0 Å². The molecule has 1 amide bonds. The molecule has 138 valence electrons. The van der Waals surface area contributed by atoms with Crippen LogP contribution in [0.4, 0.5) is 0 Å². The van der Waals surface area contributed by atoms with Crippen LogP contribution in [0.15, 0.2) is 18.2 Å². The van der Waals surface area contributed by atoms with Crippen LogP contribution in [-0.2, 0) is 11.3 Å². The zero-order valence-electron chi connectivity index (χ0n) is 16.6. The Bertz CT molecular complexity index is 455. The largest absolute Gasteiger partial charge is 0.496 e. The maximum Gasteiger partial charge on any atom is 0.220 e. The van der Waals surface area contributed by atoms with E-state index in [4.69, 9.17) is 4.74 Å². The van der Waals surface area contributed by atoms with Gasteiger partial charge in [-0.3, -0.25) is 4.79 Å². The third-order valence-corrected chi connectivity index (χ3v) is 3.88. The Hall–Kier alpha value is -1.51. The highest BCUT2D eigenvalue weighted by molar-refractivity contribution is 5.75. The standard InChI is InChI=1S/C19H31NO2.C2H6/c1-15(2)9-7-5-6-8-10-19(21)20-14-17-11-12-18(22-4)16(3)13-17;1-2/h11-13,15H,5-10,14H2,1-4H3,(H,20,21);1-2H3. The number of aryl methyl sites for hydroxylation is 1. The molecule has 3 nitrogen and oxygen atoms in total. The minimum absolute atomic E-state index is 0.150. The second-order valence-corrected chi connectivity index (χ2v) is 6.43. The number of nitrogens with one attached hydrogen (secondary N) is 1. The summed E-state index contributed by atoms with van der Waals surface area (Å²) >= 11 is 0. The van der Waals surface area contributed by atoms with Crippen molar-refractivity contribution in [2.24, 2.45) is 5.92 Å². The van der Waals surface area contributed by atoms with Crippen LogP contribution in [0.5, 0.6) is 5.75 Å². The summed E-state index contributed by atoms with van der Waals surface area (Å²) in [5.74, 6) is 1.82. The van der Waals surface area contributed by atoms with Gasteiger partial charge in [0.25, 0.3) is 0 Å². The first kappa shape index (κ1) is 22.5. The molecule has 0 aromatic heterocycles. The van der Waals surface area contributed by atoms with Crippen LogP contribution in [0, 0.1) is 12.8 Å². The number of amides is 1. The molecule has 0 atom stereocenters. The first-order valence-corrected chi connectivity index (χ1v) is 9.43. The van der Waals surface area contributed by atoms with Gasteiger partial charge in [0.15, 0.2) is 0 Å². The second-order valence-electron chi connectivity index (χ2n) is 6.43. The average Bonchev–Trinajstić information content (AvgIpc) is 2.57. The Labute approximate surface area is 149 Å². The van der Waals surface area contributed by atoms with E-state index in [1.165, 1.54) is 19.3 Å². The average molecular weight is 336 g/mol.